The molecule has 1 aromatic heterocycles. The standard InChI is InChI=1S/C24H24N4O2/c1-24(2)11-19-22(20(29)12-24)21(15-5-4-10-27-14-15)18(13-25)23(26)28(19)16-6-8-17(30-3)9-7-16/h4-10,14,21H,11-12,26H2,1-3H3/t21-/m1/s1. The number of ketones is 1. The molecule has 6 heteroatoms. The number of nitrogens with zero attached hydrogens (tertiary/aromatic N) is 3. The van der Waals surface area contributed by atoms with Crippen molar-refractivity contribution in [2.24, 2.45) is 11.1 Å². The zero-order chi connectivity index (χ0) is 21.5. The van der Waals surface area contributed by atoms with E-state index in [4.69, 9.17) is 10.5 Å². The number of anilines is 1. The maximum atomic E-state index is 13.4. The molecule has 0 saturated carbocycles. The first-order chi connectivity index (χ1) is 14.4. The number of nitrogens with two attached hydrogens (primary N) is 1. The van der Waals surface area contributed by atoms with E-state index in [1.807, 2.05) is 41.3 Å². The summed E-state index contributed by atoms with van der Waals surface area (Å²) in [4.78, 5) is 19.4. The molecular formula is C24H24N4O2. The lowest BCUT2D eigenvalue weighted by atomic mass is 9.68. The van der Waals surface area contributed by atoms with E-state index in [1.54, 1.807) is 19.5 Å². The molecule has 2 heterocycles. The summed E-state index contributed by atoms with van der Waals surface area (Å²) in [6, 6.07) is 13.4. The Balaban J connectivity index is 1.97. The highest BCUT2D eigenvalue weighted by Crippen LogP contribution is 2.50. The average molecular weight is 400 g/mol. The molecule has 0 fully saturated rings. The highest BCUT2D eigenvalue weighted by atomic mass is 16.5. The first kappa shape index (κ1) is 19.7. The maximum absolute atomic E-state index is 13.4. The third-order valence-electron chi connectivity index (χ3n) is 5.73. The Hall–Kier alpha value is -3.59. The van der Waals surface area contributed by atoms with Crippen molar-refractivity contribution in [2.75, 3.05) is 12.0 Å². The number of Topliss-reactive ketones (excluding diaryl/α,β-unsaturated/α-hetero) is 1. The van der Waals surface area contributed by atoms with Crippen LogP contribution in [0.5, 0.6) is 5.75 Å². The van der Waals surface area contributed by atoms with Crippen molar-refractivity contribution < 1.29 is 9.53 Å². The van der Waals surface area contributed by atoms with E-state index in [0.717, 1.165) is 22.7 Å². The molecule has 0 saturated heterocycles. The van der Waals surface area contributed by atoms with Gasteiger partial charge >= 0.3 is 0 Å². The van der Waals surface area contributed by atoms with Crippen molar-refractivity contribution in [3.63, 3.8) is 0 Å². The minimum absolute atomic E-state index is 0.0499. The van der Waals surface area contributed by atoms with E-state index in [9.17, 15) is 10.1 Å². The van der Waals surface area contributed by atoms with E-state index in [2.05, 4.69) is 24.9 Å². The van der Waals surface area contributed by atoms with Gasteiger partial charge in [-0.25, -0.2) is 0 Å². The van der Waals surface area contributed by atoms with Crippen LogP contribution in [0.4, 0.5) is 5.69 Å². The summed E-state index contributed by atoms with van der Waals surface area (Å²) in [6.07, 6.45) is 4.49. The Bertz CT molecular complexity index is 1090. The zero-order valence-corrected chi connectivity index (χ0v) is 17.3. The fourth-order valence-electron chi connectivity index (χ4n) is 4.42. The summed E-state index contributed by atoms with van der Waals surface area (Å²) in [6.45, 7) is 4.17. The number of carbonyl (C=O) groups excluding carboxylic acids is 1. The molecular weight excluding hydrogens is 376 g/mol. The molecule has 2 aliphatic rings. The molecule has 1 atom stereocenters. The van der Waals surface area contributed by atoms with Gasteiger partial charge in [-0.3, -0.25) is 14.7 Å². The second kappa shape index (κ2) is 7.34. The molecule has 4 rings (SSSR count). The normalized spacial score (nSPS) is 20.7. The van der Waals surface area contributed by atoms with Gasteiger partial charge in [-0.1, -0.05) is 19.9 Å². The van der Waals surface area contributed by atoms with Crippen LogP contribution >= 0.6 is 0 Å². The molecule has 1 aromatic carbocycles. The molecule has 0 unspecified atom stereocenters. The van der Waals surface area contributed by atoms with Crippen molar-refractivity contribution in [1.29, 1.82) is 5.26 Å². The van der Waals surface area contributed by atoms with Crippen LogP contribution in [0.1, 0.15) is 38.2 Å². The molecule has 152 valence electrons. The van der Waals surface area contributed by atoms with E-state index < -0.39 is 5.92 Å². The summed E-state index contributed by atoms with van der Waals surface area (Å²) in [5, 5.41) is 10.0. The van der Waals surface area contributed by atoms with Gasteiger partial charge in [0, 0.05) is 35.8 Å². The number of nitriles is 1. The Morgan fingerprint density at radius 3 is 2.57 bits per heavy atom. The Labute approximate surface area is 176 Å². The number of allylic oxidation sites excluding steroid dienone is 3. The van der Waals surface area contributed by atoms with Gasteiger partial charge in [0.2, 0.25) is 0 Å². The molecule has 2 aromatic rings. The van der Waals surface area contributed by atoms with Gasteiger partial charge in [0.05, 0.1) is 24.7 Å². The molecule has 0 spiro atoms. The number of ether oxygens (including phenoxy) is 1. The van der Waals surface area contributed by atoms with Crippen LogP contribution in [0.25, 0.3) is 0 Å². The van der Waals surface area contributed by atoms with Gasteiger partial charge in [-0.15, -0.1) is 0 Å². The third kappa shape index (κ3) is 3.22. The Morgan fingerprint density at radius 2 is 1.97 bits per heavy atom. The molecule has 30 heavy (non-hydrogen) atoms. The quantitative estimate of drug-likeness (QED) is 0.836. The highest BCUT2D eigenvalue weighted by molar-refractivity contribution is 6.01. The third-order valence-corrected chi connectivity index (χ3v) is 5.73. The summed E-state index contributed by atoms with van der Waals surface area (Å²) in [7, 11) is 1.61. The Kier molecular flexibility index (Phi) is 4.83. The molecule has 2 N–H and O–H groups in total. The smallest absolute Gasteiger partial charge is 0.162 e. The number of hydrogen-bond acceptors (Lipinski definition) is 6. The number of rotatable bonds is 3. The van der Waals surface area contributed by atoms with Crippen LogP contribution < -0.4 is 15.4 Å². The van der Waals surface area contributed by atoms with E-state index in [1.165, 1.54) is 0 Å². The minimum atomic E-state index is -0.503. The van der Waals surface area contributed by atoms with E-state index in [-0.39, 0.29) is 11.2 Å². The summed E-state index contributed by atoms with van der Waals surface area (Å²) in [5.41, 5.74) is 9.84. The number of hydrogen-bond donors (Lipinski definition) is 1. The second-order valence-corrected chi connectivity index (χ2v) is 8.46. The summed E-state index contributed by atoms with van der Waals surface area (Å²) < 4.78 is 5.27. The van der Waals surface area contributed by atoms with Crippen LogP contribution in [0.15, 0.2) is 71.5 Å². The van der Waals surface area contributed by atoms with Crippen molar-refractivity contribution >= 4 is 11.5 Å². The molecule has 1 aliphatic heterocycles. The number of aromatic nitrogens is 1. The molecule has 0 bridgehead atoms. The largest absolute Gasteiger partial charge is 0.497 e. The van der Waals surface area contributed by atoms with Crippen LogP contribution in [0.2, 0.25) is 0 Å². The number of benzene rings is 1. The number of methoxy groups -OCH3 is 1. The topological polar surface area (TPSA) is 92.2 Å². The van der Waals surface area contributed by atoms with Crippen LogP contribution in [0, 0.1) is 16.7 Å². The van der Waals surface area contributed by atoms with Gasteiger partial charge in [-0.2, -0.15) is 5.26 Å². The zero-order valence-electron chi connectivity index (χ0n) is 17.3. The maximum Gasteiger partial charge on any atom is 0.162 e. The molecule has 0 radical (unpaired) electrons. The lowest BCUT2D eigenvalue weighted by molar-refractivity contribution is -0.118. The van der Waals surface area contributed by atoms with Gasteiger partial charge in [-0.05, 0) is 47.7 Å². The lowest BCUT2D eigenvalue weighted by Crippen LogP contribution is -2.42. The Morgan fingerprint density at radius 1 is 1.23 bits per heavy atom. The van der Waals surface area contributed by atoms with Crippen molar-refractivity contribution in [3.8, 4) is 11.8 Å². The van der Waals surface area contributed by atoms with Gasteiger partial charge < -0.3 is 10.5 Å². The van der Waals surface area contributed by atoms with Crippen molar-refractivity contribution in [3.05, 3.63) is 77.0 Å². The van der Waals surface area contributed by atoms with Crippen LogP contribution in [-0.4, -0.2) is 17.9 Å². The van der Waals surface area contributed by atoms with E-state index in [0.29, 0.717) is 29.8 Å². The van der Waals surface area contributed by atoms with Crippen LogP contribution in [0.3, 0.4) is 0 Å². The molecule has 1 aliphatic carbocycles. The minimum Gasteiger partial charge on any atom is -0.497 e. The SMILES string of the molecule is COc1ccc(N2C(N)=C(C#N)[C@@H](c3cccnc3)C3=C2CC(C)(C)CC3=O)cc1. The average Bonchev–Trinajstić information content (AvgIpc) is 2.73. The predicted octanol–water partition coefficient (Wildman–Crippen LogP) is 4.03. The van der Waals surface area contributed by atoms with Crippen LogP contribution in [-0.2, 0) is 4.79 Å². The van der Waals surface area contributed by atoms with Gasteiger partial charge in [0.1, 0.15) is 11.6 Å². The number of carbonyl (C=O) groups is 1. The number of pyridine rings is 1. The molecule has 0 amide bonds. The fourth-order valence-corrected chi connectivity index (χ4v) is 4.42. The monoisotopic (exact) mass is 400 g/mol. The van der Waals surface area contributed by atoms with E-state index >= 15 is 0 Å². The summed E-state index contributed by atoms with van der Waals surface area (Å²) in [5.74, 6) is 0.618. The second-order valence-electron chi connectivity index (χ2n) is 8.46. The van der Waals surface area contributed by atoms with Crippen molar-refractivity contribution in [1.82, 2.24) is 4.98 Å². The lowest BCUT2D eigenvalue weighted by Gasteiger charge is -2.43. The highest BCUT2D eigenvalue weighted by Gasteiger charge is 2.44. The first-order valence-electron chi connectivity index (χ1n) is 9.86. The van der Waals surface area contributed by atoms with Gasteiger partial charge in [0.15, 0.2) is 5.78 Å². The molecule has 6 nitrogen and oxygen atoms in total. The van der Waals surface area contributed by atoms with Gasteiger partial charge in [0.25, 0.3) is 0 Å². The summed E-state index contributed by atoms with van der Waals surface area (Å²) >= 11 is 0. The first-order valence-corrected chi connectivity index (χ1v) is 9.86. The fraction of sp³-hybridized carbons (Fsp3) is 0.292. The van der Waals surface area contributed by atoms with Crippen molar-refractivity contribution in [2.45, 2.75) is 32.6 Å². The predicted molar refractivity (Wildman–Crippen MR) is 114 cm³/mol.